The van der Waals surface area contributed by atoms with Gasteiger partial charge in [-0.25, -0.2) is 4.79 Å². The highest BCUT2D eigenvalue weighted by molar-refractivity contribution is 7.21. The molecule has 4 nitrogen and oxygen atoms in total. The van der Waals surface area contributed by atoms with Crippen LogP contribution in [-0.2, 0) is 9.53 Å². The highest BCUT2D eigenvalue weighted by Gasteiger charge is 2.20. The Balaban J connectivity index is 1.68. The van der Waals surface area contributed by atoms with E-state index in [1.807, 2.05) is 54.6 Å². The minimum atomic E-state index is -0.587. The molecule has 0 spiro atoms. The van der Waals surface area contributed by atoms with Crippen LogP contribution in [0.1, 0.15) is 9.67 Å². The fourth-order valence-electron chi connectivity index (χ4n) is 2.23. The maximum Gasteiger partial charge on any atom is 0.350 e. The van der Waals surface area contributed by atoms with Crippen LogP contribution in [0.3, 0.4) is 0 Å². The van der Waals surface area contributed by atoms with Crippen LogP contribution < -0.4 is 4.90 Å². The number of likely N-dealkylation sites (N-methyl/N-ethyl adjacent to an activating group) is 1. The summed E-state index contributed by atoms with van der Waals surface area (Å²) in [5, 5.41) is 1.17. The molecule has 0 fully saturated rings. The molecule has 0 aliphatic carbocycles. The predicted octanol–water partition coefficient (Wildman–Crippen LogP) is 4.37. The van der Waals surface area contributed by atoms with Gasteiger partial charge in [0.25, 0.3) is 5.91 Å². The molecule has 3 rings (SSSR count). The number of hydrogen-bond acceptors (Lipinski definition) is 4. The molecule has 0 saturated carbocycles. The van der Waals surface area contributed by atoms with E-state index >= 15 is 0 Å². The summed E-state index contributed by atoms with van der Waals surface area (Å²) < 4.78 is 6.04. The van der Waals surface area contributed by atoms with Crippen molar-refractivity contribution in [3.63, 3.8) is 0 Å². The summed E-state index contributed by atoms with van der Waals surface area (Å²) in [4.78, 5) is 26.1. The average Bonchev–Trinajstić information content (AvgIpc) is 2.96. The lowest BCUT2D eigenvalue weighted by atomic mass is 10.2. The van der Waals surface area contributed by atoms with E-state index in [9.17, 15) is 9.59 Å². The summed E-state index contributed by atoms with van der Waals surface area (Å²) >= 11 is 7.50. The van der Waals surface area contributed by atoms with Gasteiger partial charge in [0.15, 0.2) is 6.61 Å². The number of fused-ring (bicyclic) bond motifs is 1. The van der Waals surface area contributed by atoms with Gasteiger partial charge < -0.3 is 9.64 Å². The summed E-state index contributed by atoms with van der Waals surface area (Å²) in [7, 11) is 1.64. The molecule has 6 heteroatoms. The second kappa shape index (κ2) is 7.03. The van der Waals surface area contributed by atoms with Crippen LogP contribution in [0.5, 0.6) is 0 Å². The maximum atomic E-state index is 12.2. The van der Waals surface area contributed by atoms with E-state index in [0.717, 1.165) is 15.8 Å². The Hall–Kier alpha value is -2.37. The highest BCUT2D eigenvalue weighted by Crippen LogP contribution is 2.35. The van der Waals surface area contributed by atoms with Crippen LogP contribution in [-0.4, -0.2) is 25.5 Å². The number of anilines is 1. The van der Waals surface area contributed by atoms with Crippen LogP contribution >= 0.6 is 22.9 Å². The fourth-order valence-corrected chi connectivity index (χ4v) is 3.63. The van der Waals surface area contributed by atoms with Crippen molar-refractivity contribution in [2.75, 3.05) is 18.6 Å². The lowest BCUT2D eigenvalue weighted by Gasteiger charge is -2.16. The summed E-state index contributed by atoms with van der Waals surface area (Å²) in [5.41, 5.74) is 0.735. The molecular formula is C18H14ClNO3S. The fraction of sp³-hybridized carbons (Fsp3) is 0.111. The van der Waals surface area contributed by atoms with Gasteiger partial charge in [-0.15, -0.1) is 11.3 Å². The lowest BCUT2D eigenvalue weighted by Crippen LogP contribution is -2.31. The van der Waals surface area contributed by atoms with Gasteiger partial charge in [0, 0.05) is 22.8 Å². The van der Waals surface area contributed by atoms with E-state index in [1.54, 1.807) is 7.05 Å². The number of para-hydroxylation sites is 1. The number of rotatable bonds is 4. The molecule has 1 aromatic heterocycles. The second-order valence-corrected chi connectivity index (χ2v) is 6.54. The van der Waals surface area contributed by atoms with Gasteiger partial charge in [-0.1, -0.05) is 48.0 Å². The average molecular weight is 360 g/mol. The van der Waals surface area contributed by atoms with Crippen LogP contribution in [0.4, 0.5) is 5.69 Å². The minimum absolute atomic E-state index is 0.313. The molecule has 122 valence electrons. The zero-order valence-electron chi connectivity index (χ0n) is 12.9. The van der Waals surface area contributed by atoms with Crippen molar-refractivity contribution >= 4 is 50.6 Å². The molecule has 0 bridgehead atoms. The number of hydrogen-bond donors (Lipinski definition) is 0. The van der Waals surface area contributed by atoms with Gasteiger partial charge in [-0.2, -0.15) is 0 Å². The molecule has 0 aliphatic heterocycles. The zero-order chi connectivity index (χ0) is 17.1. The summed E-state index contributed by atoms with van der Waals surface area (Å²) in [6, 6.07) is 16.6. The number of benzene rings is 2. The topological polar surface area (TPSA) is 46.6 Å². The Morgan fingerprint density at radius 2 is 1.75 bits per heavy atom. The van der Waals surface area contributed by atoms with Crippen molar-refractivity contribution in [2.45, 2.75) is 0 Å². The van der Waals surface area contributed by atoms with Crippen LogP contribution in [0.15, 0.2) is 54.6 Å². The first-order valence-corrected chi connectivity index (χ1v) is 8.43. The van der Waals surface area contributed by atoms with E-state index in [4.69, 9.17) is 16.3 Å². The molecule has 0 unspecified atom stereocenters. The van der Waals surface area contributed by atoms with E-state index in [1.165, 1.54) is 16.2 Å². The normalized spacial score (nSPS) is 10.6. The largest absolute Gasteiger partial charge is 0.451 e. The van der Waals surface area contributed by atoms with Gasteiger partial charge in [0.1, 0.15) is 4.88 Å². The summed E-state index contributed by atoms with van der Waals surface area (Å²) in [5.74, 6) is -0.900. The highest BCUT2D eigenvalue weighted by atomic mass is 35.5. The molecule has 24 heavy (non-hydrogen) atoms. The molecule has 3 aromatic rings. The van der Waals surface area contributed by atoms with Crippen molar-refractivity contribution in [3.05, 3.63) is 64.5 Å². The van der Waals surface area contributed by atoms with Gasteiger partial charge in [0.2, 0.25) is 0 Å². The van der Waals surface area contributed by atoms with E-state index in [2.05, 4.69) is 0 Å². The van der Waals surface area contributed by atoms with Crippen molar-refractivity contribution in [2.24, 2.45) is 0 Å². The third-order valence-corrected chi connectivity index (χ3v) is 5.22. The van der Waals surface area contributed by atoms with Crippen LogP contribution in [0.2, 0.25) is 5.02 Å². The number of carbonyl (C=O) groups excluding carboxylic acids is 2. The minimum Gasteiger partial charge on any atom is -0.451 e. The zero-order valence-corrected chi connectivity index (χ0v) is 14.4. The van der Waals surface area contributed by atoms with Gasteiger partial charge >= 0.3 is 5.97 Å². The number of ether oxygens (including phenoxy) is 1. The Bertz CT molecular complexity index is 892. The van der Waals surface area contributed by atoms with Gasteiger partial charge in [-0.3, -0.25) is 4.79 Å². The Labute approximate surface area is 148 Å². The van der Waals surface area contributed by atoms with E-state index in [0.29, 0.717) is 9.90 Å². The summed E-state index contributed by atoms with van der Waals surface area (Å²) in [6.07, 6.45) is 0. The smallest absolute Gasteiger partial charge is 0.350 e. The van der Waals surface area contributed by atoms with Crippen LogP contribution in [0, 0.1) is 0 Å². The number of halogens is 1. The van der Waals surface area contributed by atoms with E-state index < -0.39 is 5.97 Å². The first-order chi connectivity index (χ1) is 11.6. The van der Waals surface area contributed by atoms with Crippen LogP contribution in [0.25, 0.3) is 10.1 Å². The Kier molecular flexibility index (Phi) is 4.83. The number of thiophene rings is 1. The lowest BCUT2D eigenvalue weighted by molar-refractivity contribution is -0.121. The third kappa shape index (κ3) is 3.27. The number of carbonyl (C=O) groups is 2. The molecule has 2 aromatic carbocycles. The maximum absolute atomic E-state index is 12.2. The molecule has 0 N–H and O–H groups in total. The first-order valence-electron chi connectivity index (χ1n) is 7.23. The Morgan fingerprint density at radius 3 is 2.46 bits per heavy atom. The summed E-state index contributed by atoms with van der Waals surface area (Å²) in [6.45, 7) is -0.338. The molecule has 0 aliphatic rings. The molecule has 0 atom stereocenters. The number of amides is 1. The van der Waals surface area contributed by atoms with Crippen molar-refractivity contribution < 1.29 is 14.3 Å². The Morgan fingerprint density at radius 1 is 1.08 bits per heavy atom. The van der Waals surface area contributed by atoms with E-state index in [-0.39, 0.29) is 12.5 Å². The third-order valence-electron chi connectivity index (χ3n) is 3.56. The first kappa shape index (κ1) is 16.5. The molecular weight excluding hydrogens is 346 g/mol. The van der Waals surface area contributed by atoms with Crippen molar-refractivity contribution in [1.29, 1.82) is 0 Å². The molecule has 0 saturated heterocycles. The quantitative estimate of drug-likeness (QED) is 0.650. The molecule has 1 heterocycles. The van der Waals surface area contributed by atoms with Crippen molar-refractivity contribution in [3.8, 4) is 0 Å². The number of nitrogens with zero attached hydrogens (tertiary/aromatic N) is 1. The van der Waals surface area contributed by atoms with Gasteiger partial charge in [-0.05, 0) is 18.2 Å². The second-order valence-electron chi connectivity index (χ2n) is 5.11. The molecule has 0 radical (unpaired) electrons. The van der Waals surface area contributed by atoms with Crippen molar-refractivity contribution in [1.82, 2.24) is 0 Å². The van der Waals surface area contributed by atoms with Gasteiger partial charge in [0.05, 0.1) is 5.02 Å². The monoisotopic (exact) mass is 359 g/mol. The SMILES string of the molecule is CN(C(=O)COC(=O)c1sc2ccccc2c1Cl)c1ccccc1. The molecule has 1 amide bonds. The number of esters is 1. The predicted molar refractivity (Wildman–Crippen MR) is 97.0 cm³/mol. The standard InChI is InChI=1S/C18H14ClNO3S/c1-20(12-7-3-2-4-8-12)15(21)11-23-18(22)17-16(19)13-9-5-6-10-14(13)24-17/h2-10H,11H2,1H3.